The molecule has 0 unspecified atom stereocenters. The number of halogens is 1. The minimum absolute atomic E-state index is 0.129. The van der Waals surface area contributed by atoms with E-state index in [2.05, 4.69) is 17.3 Å². The van der Waals surface area contributed by atoms with Gasteiger partial charge < -0.3 is 15.4 Å². The number of anilines is 1. The van der Waals surface area contributed by atoms with Crippen LogP contribution in [0.15, 0.2) is 41.3 Å². The number of benzene rings is 2. The molecule has 3 aromatic rings. The highest BCUT2D eigenvalue weighted by Gasteiger charge is 2.41. The Labute approximate surface area is 216 Å². The predicted molar refractivity (Wildman–Crippen MR) is 143 cm³/mol. The summed E-state index contributed by atoms with van der Waals surface area (Å²) in [6, 6.07) is 10.4. The van der Waals surface area contributed by atoms with Gasteiger partial charge in [0.2, 0.25) is 0 Å². The Hall–Kier alpha value is -2.59. The fraction of sp³-hybridized carbons (Fsp3) is 0.320. The zero-order valence-corrected chi connectivity index (χ0v) is 21.8. The SMILES string of the molecule is CN1CCC2(CC1)CC(=O)c1cc(Cl)ccc1S2.COc1ccc2c(C=O)c(NC(N)=O)sc2c1. The quantitative estimate of drug-likeness (QED) is 0.420. The summed E-state index contributed by atoms with van der Waals surface area (Å²) in [5, 5.41) is 4.32. The zero-order valence-electron chi connectivity index (χ0n) is 19.4. The minimum atomic E-state index is -0.688. The fourth-order valence-corrected chi connectivity index (χ4v) is 7.07. The average molecular weight is 532 g/mol. The Bertz CT molecular complexity index is 1290. The van der Waals surface area contributed by atoms with Gasteiger partial charge in [-0.15, -0.1) is 23.1 Å². The highest BCUT2D eigenvalue weighted by Crippen LogP contribution is 2.49. The highest BCUT2D eigenvalue weighted by molar-refractivity contribution is 8.01. The molecule has 3 heterocycles. The molecule has 184 valence electrons. The number of nitrogens with two attached hydrogens (primary N) is 1. The number of nitrogens with one attached hydrogen (secondary N) is 1. The molecule has 10 heteroatoms. The topological polar surface area (TPSA) is 102 Å². The van der Waals surface area contributed by atoms with E-state index in [4.69, 9.17) is 22.1 Å². The molecule has 2 aliphatic heterocycles. The van der Waals surface area contributed by atoms with Gasteiger partial charge in [0.25, 0.3) is 0 Å². The number of amides is 2. The van der Waals surface area contributed by atoms with E-state index in [1.54, 1.807) is 25.3 Å². The van der Waals surface area contributed by atoms with Gasteiger partial charge >= 0.3 is 6.03 Å². The summed E-state index contributed by atoms with van der Waals surface area (Å²) in [4.78, 5) is 37.6. The van der Waals surface area contributed by atoms with E-state index in [0.29, 0.717) is 34.0 Å². The number of nitrogens with zero attached hydrogens (tertiary/aromatic N) is 1. The van der Waals surface area contributed by atoms with Crippen LogP contribution in [0.25, 0.3) is 10.1 Å². The number of likely N-dealkylation sites (tertiary alicyclic amines) is 1. The lowest BCUT2D eigenvalue weighted by Gasteiger charge is -2.42. The number of thioether (sulfide) groups is 1. The second kappa shape index (κ2) is 10.6. The molecule has 0 radical (unpaired) electrons. The van der Waals surface area contributed by atoms with Gasteiger partial charge in [0.05, 0.1) is 12.7 Å². The number of thiophene rings is 1. The van der Waals surface area contributed by atoms with Crippen LogP contribution in [0.3, 0.4) is 0 Å². The second-order valence-electron chi connectivity index (χ2n) is 8.64. The summed E-state index contributed by atoms with van der Waals surface area (Å²) in [5.74, 6) is 0.956. The Morgan fingerprint density at radius 2 is 1.97 bits per heavy atom. The maximum absolute atomic E-state index is 12.3. The number of piperidine rings is 1. The minimum Gasteiger partial charge on any atom is -0.497 e. The summed E-state index contributed by atoms with van der Waals surface area (Å²) in [7, 11) is 3.72. The van der Waals surface area contributed by atoms with E-state index in [1.165, 1.54) is 11.3 Å². The van der Waals surface area contributed by atoms with E-state index in [0.717, 1.165) is 46.5 Å². The molecule has 0 saturated carbocycles. The monoisotopic (exact) mass is 531 g/mol. The third-order valence-electron chi connectivity index (χ3n) is 6.24. The molecule has 2 aliphatic rings. The first-order valence-corrected chi connectivity index (χ1v) is 13.1. The number of aldehydes is 1. The lowest BCUT2D eigenvalue weighted by molar-refractivity contribution is 0.0943. The largest absolute Gasteiger partial charge is 0.497 e. The van der Waals surface area contributed by atoms with E-state index < -0.39 is 6.03 Å². The maximum atomic E-state index is 12.3. The Morgan fingerprint density at radius 3 is 2.63 bits per heavy atom. The van der Waals surface area contributed by atoms with Crippen LogP contribution in [0.4, 0.5) is 9.80 Å². The molecule has 1 aromatic heterocycles. The average Bonchev–Trinajstić information content (AvgIpc) is 3.17. The molecule has 2 aromatic carbocycles. The number of carbonyl (C=O) groups excluding carboxylic acids is 3. The first-order chi connectivity index (χ1) is 16.7. The first kappa shape index (κ1) is 25.5. The number of urea groups is 1. The van der Waals surface area contributed by atoms with Gasteiger partial charge in [0, 0.05) is 36.7 Å². The molecular weight excluding hydrogens is 506 g/mol. The zero-order chi connectivity index (χ0) is 25.2. The van der Waals surface area contributed by atoms with Crippen LogP contribution in [-0.2, 0) is 0 Å². The number of carbonyl (C=O) groups is 3. The van der Waals surface area contributed by atoms with E-state index in [1.807, 2.05) is 30.0 Å². The molecule has 5 rings (SSSR count). The Morgan fingerprint density at radius 1 is 1.23 bits per heavy atom. The molecule has 7 nitrogen and oxygen atoms in total. The summed E-state index contributed by atoms with van der Waals surface area (Å²) < 4.78 is 6.08. The van der Waals surface area contributed by atoms with E-state index in [-0.39, 0.29) is 10.5 Å². The van der Waals surface area contributed by atoms with Crippen molar-refractivity contribution < 1.29 is 19.1 Å². The second-order valence-corrected chi connectivity index (χ2v) is 11.6. The van der Waals surface area contributed by atoms with Gasteiger partial charge in [-0.3, -0.25) is 14.9 Å². The van der Waals surface area contributed by atoms with Crippen molar-refractivity contribution in [2.75, 3.05) is 32.6 Å². The Balaban J connectivity index is 0.000000165. The van der Waals surface area contributed by atoms with Crippen molar-refractivity contribution >= 4 is 67.9 Å². The van der Waals surface area contributed by atoms with Crippen molar-refractivity contribution in [1.82, 2.24) is 4.90 Å². The molecule has 1 saturated heterocycles. The summed E-state index contributed by atoms with van der Waals surface area (Å²) in [5.41, 5.74) is 6.30. The molecule has 0 atom stereocenters. The van der Waals surface area contributed by atoms with Gasteiger partial charge in [0.1, 0.15) is 10.8 Å². The number of methoxy groups -OCH3 is 1. The molecule has 3 N–H and O–H groups in total. The molecule has 1 spiro atoms. The van der Waals surface area contributed by atoms with E-state index >= 15 is 0 Å². The first-order valence-electron chi connectivity index (χ1n) is 11.1. The van der Waals surface area contributed by atoms with Gasteiger partial charge in [-0.05, 0) is 69.4 Å². The third-order valence-corrected chi connectivity index (χ3v) is 9.12. The van der Waals surface area contributed by atoms with Crippen molar-refractivity contribution in [2.45, 2.75) is 28.9 Å². The fourth-order valence-electron chi connectivity index (χ4n) is 4.32. The Kier molecular flexibility index (Phi) is 7.70. The summed E-state index contributed by atoms with van der Waals surface area (Å²) in [6.07, 6.45) is 3.57. The standard InChI is InChI=1S/C14H16ClNOS.C11H10N2O3S/c1-16-6-4-14(5-7-16)9-12(17)11-8-10(15)2-3-13(11)18-14;1-16-6-2-3-7-8(5-14)10(13-11(12)15)17-9(7)4-6/h2-3,8H,4-7,9H2,1H3;2-5H,1H3,(H3,12,13,15). The van der Waals surface area contributed by atoms with Crippen molar-refractivity contribution in [1.29, 1.82) is 0 Å². The van der Waals surface area contributed by atoms with Crippen molar-refractivity contribution in [2.24, 2.45) is 5.73 Å². The van der Waals surface area contributed by atoms with Crippen LogP contribution >= 0.6 is 34.7 Å². The summed E-state index contributed by atoms with van der Waals surface area (Å²) >= 11 is 9.14. The number of ketones is 1. The van der Waals surface area contributed by atoms with Crippen LogP contribution < -0.4 is 15.8 Å². The van der Waals surface area contributed by atoms with Crippen LogP contribution in [0, 0.1) is 0 Å². The lowest BCUT2D eigenvalue weighted by atomic mass is 9.88. The van der Waals surface area contributed by atoms with Gasteiger partial charge in [0.15, 0.2) is 12.1 Å². The smallest absolute Gasteiger partial charge is 0.317 e. The summed E-state index contributed by atoms with van der Waals surface area (Å²) in [6.45, 7) is 2.17. The van der Waals surface area contributed by atoms with Crippen LogP contribution in [0.2, 0.25) is 5.02 Å². The van der Waals surface area contributed by atoms with Crippen LogP contribution in [0.1, 0.15) is 40.0 Å². The lowest BCUT2D eigenvalue weighted by Crippen LogP contribution is -2.43. The molecular formula is C25H26ClN3O4S2. The number of hydrogen-bond donors (Lipinski definition) is 2. The third kappa shape index (κ3) is 5.64. The number of ether oxygens (including phenoxy) is 1. The van der Waals surface area contributed by atoms with Crippen molar-refractivity contribution in [3.8, 4) is 5.75 Å². The highest BCUT2D eigenvalue weighted by atomic mass is 35.5. The molecule has 0 bridgehead atoms. The number of primary amides is 1. The van der Waals surface area contributed by atoms with Crippen LogP contribution in [-0.4, -0.2) is 55.0 Å². The molecule has 1 fully saturated rings. The normalized spacial score (nSPS) is 16.8. The van der Waals surface area contributed by atoms with Crippen LogP contribution in [0.5, 0.6) is 5.75 Å². The van der Waals surface area contributed by atoms with Crippen molar-refractivity contribution in [3.05, 3.63) is 52.5 Å². The molecule has 2 amide bonds. The number of Topliss-reactive ketones (excluding diaryl/α,β-unsaturated/α-hetero) is 1. The number of fused-ring (bicyclic) bond motifs is 2. The molecule has 0 aliphatic carbocycles. The van der Waals surface area contributed by atoms with Crippen molar-refractivity contribution in [3.63, 3.8) is 0 Å². The van der Waals surface area contributed by atoms with E-state index in [9.17, 15) is 14.4 Å². The number of rotatable bonds is 3. The molecule has 35 heavy (non-hydrogen) atoms. The van der Waals surface area contributed by atoms with Gasteiger partial charge in [-0.1, -0.05) is 11.6 Å². The predicted octanol–water partition coefficient (Wildman–Crippen LogP) is 5.70. The van der Waals surface area contributed by atoms with Gasteiger partial charge in [-0.2, -0.15) is 0 Å². The number of hydrogen-bond acceptors (Lipinski definition) is 7. The van der Waals surface area contributed by atoms with Gasteiger partial charge in [-0.25, -0.2) is 4.79 Å². The maximum Gasteiger partial charge on any atom is 0.317 e.